The van der Waals surface area contributed by atoms with Gasteiger partial charge >= 0.3 is 0 Å². The second-order valence-electron chi connectivity index (χ2n) is 3.50. The summed E-state index contributed by atoms with van der Waals surface area (Å²) in [5, 5.41) is 0. The maximum Gasteiger partial charge on any atom is 0.152 e. The van der Waals surface area contributed by atoms with Crippen LogP contribution in [0.25, 0.3) is 6.08 Å². The van der Waals surface area contributed by atoms with Gasteiger partial charge in [0.15, 0.2) is 5.78 Å². The van der Waals surface area contributed by atoms with E-state index in [1.807, 2.05) is 26.0 Å². The van der Waals surface area contributed by atoms with Crippen LogP contribution in [0.5, 0.6) is 0 Å². The Kier molecular flexibility index (Phi) is 3.07. The zero-order valence-corrected chi connectivity index (χ0v) is 8.79. The highest BCUT2D eigenvalue weighted by Gasteiger charge is 1.99. The van der Waals surface area contributed by atoms with Gasteiger partial charge in [-0.3, -0.25) is 4.79 Å². The molecule has 14 heavy (non-hydrogen) atoms. The lowest BCUT2D eigenvalue weighted by Gasteiger charge is -2.05. The number of allylic oxidation sites excluding steroid dienone is 1. The minimum absolute atomic E-state index is 0.0433. The molecule has 0 heterocycles. The number of rotatable bonds is 2. The first-order chi connectivity index (χ1) is 6.50. The molecular weight excluding hydrogens is 174 g/mol. The summed E-state index contributed by atoms with van der Waals surface area (Å²) >= 11 is 0. The summed E-state index contributed by atoms with van der Waals surface area (Å²) in [6.07, 6.45) is 3.33. The molecule has 0 fully saturated rings. The number of nitrogens with two attached hydrogens (primary N) is 1. The average molecular weight is 189 g/mol. The molecule has 1 rings (SSSR count). The van der Waals surface area contributed by atoms with E-state index in [2.05, 4.69) is 0 Å². The Bertz CT molecular complexity index is 368. The Morgan fingerprint density at radius 1 is 1.36 bits per heavy atom. The van der Waals surface area contributed by atoms with Gasteiger partial charge in [-0.2, -0.15) is 0 Å². The van der Waals surface area contributed by atoms with Crippen molar-refractivity contribution in [3.63, 3.8) is 0 Å². The average Bonchev–Trinajstić information content (AvgIpc) is 2.10. The van der Waals surface area contributed by atoms with E-state index in [-0.39, 0.29) is 5.78 Å². The molecule has 0 radical (unpaired) electrons. The van der Waals surface area contributed by atoms with Crippen LogP contribution in [-0.2, 0) is 4.79 Å². The van der Waals surface area contributed by atoms with Gasteiger partial charge in [0.1, 0.15) is 0 Å². The zero-order chi connectivity index (χ0) is 10.7. The number of aryl methyl sites for hydroxylation is 1. The number of ketones is 1. The molecule has 0 spiro atoms. The van der Waals surface area contributed by atoms with Gasteiger partial charge in [-0.1, -0.05) is 12.1 Å². The van der Waals surface area contributed by atoms with Crippen molar-refractivity contribution in [1.82, 2.24) is 0 Å². The number of carbonyl (C=O) groups is 1. The SMILES string of the molecule is CC(=O)/C=C/c1cc(C)c(C)c(N)c1. The molecule has 1 aromatic rings. The normalized spacial score (nSPS) is 10.8. The number of nitrogen functional groups attached to an aromatic ring is 1. The molecule has 2 nitrogen and oxygen atoms in total. The van der Waals surface area contributed by atoms with Gasteiger partial charge in [-0.25, -0.2) is 0 Å². The van der Waals surface area contributed by atoms with E-state index in [9.17, 15) is 4.79 Å². The number of carbonyl (C=O) groups excluding carboxylic acids is 1. The van der Waals surface area contributed by atoms with Gasteiger partial charge in [0, 0.05) is 5.69 Å². The molecule has 0 aliphatic rings. The largest absolute Gasteiger partial charge is 0.398 e. The molecule has 0 amide bonds. The molecule has 0 saturated carbocycles. The quantitative estimate of drug-likeness (QED) is 0.573. The second kappa shape index (κ2) is 4.09. The summed E-state index contributed by atoms with van der Waals surface area (Å²) in [5.74, 6) is 0.0433. The lowest BCUT2D eigenvalue weighted by atomic mass is 10.0. The maximum atomic E-state index is 10.7. The van der Waals surface area contributed by atoms with Crippen LogP contribution in [-0.4, -0.2) is 5.78 Å². The van der Waals surface area contributed by atoms with Crippen LogP contribution >= 0.6 is 0 Å². The summed E-state index contributed by atoms with van der Waals surface area (Å²) in [5.41, 5.74) is 9.80. The topological polar surface area (TPSA) is 43.1 Å². The van der Waals surface area contributed by atoms with Crippen LogP contribution in [0.4, 0.5) is 5.69 Å². The summed E-state index contributed by atoms with van der Waals surface area (Å²) in [4.78, 5) is 10.7. The first-order valence-corrected chi connectivity index (χ1v) is 4.56. The zero-order valence-electron chi connectivity index (χ0n) is 8.79. The predicted molar refractivity (Wildman–Crippen MR) is 60.0 cm³/mol. The first kappa shape index (κ1) is 10.5. The number of hydrogen-bond acceptors (Lipinski definition) is 2. The van der Waals surface area contributed by atoms with Crippen molar-refractivity contribution in [2.75, 3.05) is 5.73 Å². The molecule has 2 heteroatoms. The monoisotopic (exact) mass is 189 g/mol. The van der Waals surface area contributed by atoms with Gasteiger partial charge < -0.3 is 5.73 Å². The molecule has 0 saturated heterocycles. The van der Waals surface area contributed by atoms with Gasteiger partial charge in [0.05, 0.1) is 0 Å². The third-order valence-electron chi connectivity index (χ3n) is 2.24. The van der Waals surface area contributed by atoms with E-state index in [0.29, 0.717) is 0 Å². The molecular formula is C12H15NO. The van der Waals surface area contributed by atoms with Crippen molar-refractivity contribution in [3.05, 3.63) is 34.9 Å². The summed E-state index contributed by atoms with van der Waals surface area (Å²) in [6.45, 7) is 5.53. The lowest BCUT2D eigenvalue weighted by Crippen LogP contribution is -1.93. The summed E-state index contributed by atoms with van der Waals surface area (Å²) in [6, 6.07) is 3.90. The molecule has 2 N–H and O–H groups in total. The molecule has 0 unspecified atom stereocenters. The smallest absolute Gasteiger partial charge is 0.152 e. The van der Waals surface area contributed by atoms with E-state index in [1.165, 1.54) is 6.92 Å². The maximum absolute atomic E-state index is 10.7. The van der Waals surface area contributed by atoms with Crippen LogP contribution < -0.4 is 5.73 Å². The van der Waals surface area contributed by atoms with Gasteiger partial charge in [-0.15, -0.1) is 0 Å². The Labute approximate surface area is 84.4 Å². The van der Waals surface area contributed by atoms with E-state index in [1.54, 1.807) is 12.2 Å². The third kappa shape index (κ3) is 2.46. The molecule has 74 valence electrons. The molecule has 1 aromatic carbocycles. The van der Waals surface area contributed by atoms with Crippen molar-refractivity contribution < 1.29 is 4.79 Å². The van der Waals surface area contributed by atoms with Crippen molar-refractivity contribution in [2.45, 2.75) is 20.8 Å². The van der Waals surface area contributed by atoms with Crippen LogP contribution in [0.15, 0.2) is 18.2 Å². The highest BCUT2D eigenvalue weighted by molar-refractivity contribution is 5.91. The number of benzene rings is 1. The van der Waals surface area contributed by atoms with Gasteiger partial charge in [0.2, 0.25) is 0 Å². The molecule has 0 aliphatic heterocycles. The second-order valence-corrected chi connectivity index (χ2v) is 3.50. The molecule has 0 atom stereocenters. The number of hydrogen-bond donors (Lipinski definition) is 1. The van der Waals surface area contributed by atoms with E-state index in [0.717, 1.165) is 22.4 Å². The van der Waals surface area contributed by atoms with Crippen molar-refractivity contribution in [1.29, 1.82) is 0 Å². The molecule has 0 aromatic heterocycles. The Morgan fingerprint density at radius 3 is 2.50 bits per heavy atom. The van der Waals surface area contributed by atoms with Gasteiger partial charge in [0.25, 0.3) is 0 Å². The molecule has 0 aliphatic carbocycles. The third-order valence-corrected chi connectivity index (χ3v) is 2.24. The predicted octanol–water partition coefficient (Wildman–Crippen LogP) is 2.49. The lowest BCUT2D eigenvalue weighted by molar-refractivity contribution is -0.112. The van der Waals surface area contributed by atoms with Crippen LogP contribution in [0, 0.1) is 13.8 Å². The minimum Gasteiger partial charge on any atom is -0.398 e. The van der Waals surface area contributed by atoms with Crippen LogP contribution in [0.3, 0.4) is 0 Å². The highest BCUT2D eigenvalue weighted by atomic mass is 16.1. The fourth-order valence-electron chi connectivity index (χ4n) is 1.23. The first-order valence-electron chi connectivity index (χ1n) is 4.56. The fourth-order valence-corrected chi connectivity index (χ4v) is 1.23. The van der Waals surface area contributed by atoms with Crippen molar-refractivity contribution in [2.24, 2.45) is 0 Å². The van der Waals surface area contributed by atoms with E-state index >= 15 is 0 Å². The van der Waals surface area contributed by atoms with Crippen LogP contribution in [0.2, 0.25) is 0 Å². The Balaban J connectivity index is 3.07. The fraction of sp³-hybridized carbons (Fsp3) is 0.250. The highest BCUT2D eigenvalue weighted by Crippen LogP contribution is 2.18. The van der Waals surface area contributed by atoms with Crippen molar-refractivity contribution >= 4 is 17.5 Å². The minimum atomic E-state index is 0.0433. The summed E-state index contributed by atoms with van der Waals surface area (Å²) in [7, 11) is 0. The van der Waals surface area contributed by atoms with E-state index in [4.69, 9.17) is 5.73 Å². The Morgan fingerprint density at radius 2 is 2.00 bits per heavy atom. The van der Waals surface area contributed by atoms with Crippen LogP contribution in [0.1, 0.15) is 23.6 Å². The van der Waals surface area contributed by atoms with Gasteiger partial charge in [-0.05, 0) is 49.6 Å². The summed E-state index contributed by atoms with van der Waals surface area (Å²) < 4.78 is 0. The number of anilines is 1. The van der Waals surface area contributed by atoms with Crippen molar-refractivity contribution in [3.8, 4) is 0 Å². The standard InChI is InChI=1S/C12H15NO/c1-8-6-11(5-4-9(2)14)7-12(13)10(8)3/h4-7H,13H2,1-3H3/b5-4+. The Hall–Kier alpha value is -1.57. The van der Waals surface area contributed by atoms with E-state index < -0.39 is 0 Å². The molecule has 0 bridgehead atoms.